The minimum Gasteiger partial charge on any atom is -0.295 e. The average molecular weight is 368 g/mol. The zero-order chi connectivity index (χ0) is 17.2. The second kappa shape index (κ2) is 5.25. The van der Waals surface area contributed by atoms with Gasteiger partial charge in [-0.3, -0.25) is 20.6 Å². The molecule has 24 heavy (non-hydrogen) atoms. The summed E-state index contributed by atoms with van der Waals surface area (Å²) in [5, 5.41) is 0.791. The van der Waals surface area contributed by atoms with Crippen molar-refractivity contribution in [3.63, 3.8) is 0 Å². The lowest BCUT2D eigenvalue weighted by Gasteiger charge is -2.64. The fourth-order valence-electron chi connectivity index (χ4n) is 6.48. The molecular formula is C18H23Cl2N3O. The maximum atomic E-state index is 13.1. The van der Waals surface area contributed by atoms with Gasteiger partial charge in [-0.15, -0.1) is 0 Å². The Morgan fingerprint density at radius 2 is 1.67 bits per heavy atom. The number of nitrogens with zero attached hydrogens (tertiary/aromatic N) is 1. The van der Waals surface area contributed by atoms with Gasteiger partial charge in [0, 0.05) is 12.4 Å². The molecule has 0 aliphatic heterocycles. The Morgan fingerprint density at radius 1 is 1.08 bits per heavy atom. The maximum Gasteiger partial charge on any atom is 0.244 e. The predicted molar refractivity (Wildman–Crippen MR) is 95.9 cm³/mol. The van der Waals surface area contributed by atoms with Crippen molar-refractivity contribution in [2.75, 3.05) is 5.43 Å². The number of carbonyl (C=O) groups is 1. The Hall–Kier alpha value is -1.00. The fraction of sp³-hybridized carbons (Fsp3) is 0.667. The van der Waals surface area contributed by atoms with Crippen LogP contribution in [-0.2, 0) is 4.79 Å². The molecule has 0 aromatic carbocycles. The van der Waals surface area contributed by atoms with Gasteiger partial charge in [-0.2, -0.15) is 0 Å². The van der Waals surface area contributed by atoms with Gasteiger partial charge in [-0.25, -0.2) is 0 Å². The van der Waals surface area contributed by atoms with Crippen LogP contribution in [0.1, 0.15) is 52.4 Å². The molecule has 4 saturated carbocycles. The van der Waals surface area contributed by atoms with E-state index in [4.69, 9.17) is 23.2 Å². The second-order valence-electron chi connectivity index (χ2n) is 8.97. The van der Waals surface area contributed by atoms with Crippen LogP contribution >= 0.6 is 23.2 Å². The van der Waals surface area contributed by atoms with Crippen LogP contribution in [0.2, 0.25) is 10.0 Å². The van der Waals surface area contributed by atoms with Crippen molar-refractivity contribution in [1.82, 2.24) is 10.4 Å². The van der Waals surface area contributed by atoms with E-state index in [0.717, 1.165) is 19.3 Å². The highest BCUT2D eigenvalue weighted by atomic mass is 35.5. The molecule has 0 saturated heterocycles. The maximum absolute atomic E-state index is 13.1. The van der Waals surface area contributed by atoms with Crippen molar-refractivity contribution in [3.05, 3.63) is 22.4 Å². The number of anilines is 1. The molecule has 1 amide bonds. The van der Waals surface area contributed by atoms with Crippen LogP contribution in [0.5, 0.6) is 0 Å². The van der Waals surface area contributed by atoms with Gasteiger partial charge in [0.05, 0.1) is 21.1 Å². The molecule has 6 heteroatoms. The summed E-state index contributed by atoms with van der Waals surface area (Å²) in [6.45, 7) is 4.73. The van der Waals surface area contributed by atoms with E-state index in [2.05, 4.69) is 29.7 Å². The zero-order valence-electron chi connectivity index (χ0n) is 14.1. The van der Waals surface area contributed by atoms with E-state index in [0.29, 0.717) is 32.5 Å². The summed E-state index contributed by atoms with van der Waals surface area (Å²) in [7, 11) is 0. The topological polar surface area (TPSA) is 54.0 Å². The minimum absolute atomic E-state index is 0.0768. The van der Waals surface area contributed by atoms with Gasteiger partial charge in [0.1, 0.15) is 0 Å². The van der Waals surface area contributed by atoms with Crippen LogP contribution in [0.25, 0.3) is 0 Å². The van der Waals surface area contributed by atoms with Crippen molar-refractivity contribution in [3.8, 4) is 0 Å². The van der Waals surface area contributed by atoms with Crippen LogP contribution in [0.4, 0.5) is 5.69 Å². The van der Waals surface area contributed by atoms with E-state index < -0.39 is 0 Å². The molecule has 5 rings (SSSR count). The molecule has 4 aliphatic rings. The molecule has 0 radical (unpaired) electrons. The quantitative estimate of drug-likeness (QED) is 0.752. The summed E-state index contributed by atoms with van der Waals surface area (Å²) < 4.78 is 0. The number of hydrogen-bond acceptors (Lipinski definition) is 3. The van der Waals surface area contributed by atoms with Crippen LogP contribution in [0.3, 0.4) is 0 Å². The first kappa shape index (κ1) is 16.5. The number of amides is 1. The first-order chi connectivity index (χ1) is 11.2. The third kappa shape index (κ3) is 2.59. The van der Waals surface area contributed by atoms with Gasteiger partial charge in [-0.1, -0.05) is 37.0 Å². The third-order valence-corrected chi connectivity index (χ3v) is 6.84. The molecule has 1 aromatic rings. The van der Waals surface area contributed by atoms with Crippen molar-refractivity contribution < 1.29 is 4.79 Å². The van der Waals surface area contributed by atoms with Crippen LogP contribution in [-0.4, -0.2) is 10.9 Å². The van der Waals surface area contributed by atoms with Gasteiger partial charge < -0.3 is 0 Å². The van der Waals surface area contributed by atoms with E-state index >= 15 is 0 Å². The second-order valence-corrected chi connectivity index (χ2v) is 9.78. The van der Waals surface area contributed by atoms with E-state index in [1.54, 1.807) is 0 Å². The van der Waals surface area contributed by atoms with E-state index in [1.807, 2.05) is 0 Å². The smallest absolute Gasteiger partial charge is 0.244 e. The largest absolute Gasteiger partial charge is 0.295 e. The molecule has 1 aromatic heterocycles. The monoisotopic (exact) mass is 367 g/mol. The minimum atomic E-state index is -0.262. The first-order valence-electron chi connectivity index (χ1n) is 8.58. The molecule has 130 valence electrons. The average Bonchev–Trinajstić information content (AvgIpc) is 2.42. The molecule has 1 heterocycles. The number of hydrogen-bond donors (Lipinski definition) is 2. The molecule has 4 bridgehead atoms. The number of nitrogens with one attached hydrogen (secondary N) is 2. The third-order valence-electron chi connectivity index (χ3n) is 6.26. The van der Waals surface area contributed by atoms with Crippen molar-refractivity contribution in [2.24, 2.45) is 22.2 Å². The summed E-state index contributed by atoms with van der Waals surface area (Å²) in [5.74, 6) is 0.753. The number of pyridine rings is 1. The van der Waals surface area contributed by atoms with Crippen LogP contribution < -0.4 is 10.9 Å². The standard InChI is InChI=1S/C18H23Cl2N3O/c1-16-3-11-4-17(2,8-16)10-18(5-11,9-16)15(24)23-22-14-12(19)6-21-7-13(14)20/h6-7,11H,3-5,8-10H2,1-2H3,(H,21,22)(H,23,24)/t11?,16-,17+,18?. The van der Waals surface area contributed by atoms with E-state index in [9.17, 15) is 4.79 Å². The number of aromatic nitrogens is 1. The fourth-order valence-corrected chi connectivity index (χ4v) is 6.94. The van der Waals surface area contributed by atoms with Crippen molar-refractivity contribution >= 4 is 34.8 Å². The highest BCUT2D eigenvalue weighted by Crippen LogP contribution is 2.69. The lowest BCUT2D eigenvalue weighted by atomic mass is 9.40. The van der Waals surface area contributed by atoms with Gasteiger partial charge >= 0.3 is 0 Å². The van der Waals surface area contributed by atoms with Crippen LogP contribution in [0.15, 0.2) is 12.4 Å². The van der Waals surface area contributed by atoms with Crippen molar-refractivity contribution in [1.29, 1.82) is 0 Å². The Kier molecular flexibility index (Phi) is 3.60. The summed E-state index contributed by atoms with van der Waals surface area (Å²) in [5.41, 5.74) is 6.66. The summed E-state index contributed by atoms with van der Waals surface area (Å²) in [4.78, 5) is 17.0. The lowest BCUT2D eigenvalue weighted by Crippen LogP contribution is -2.60. The molecule has 2 unspecified atom stereocenters. The molecule has 0 spiro atoms. The Morgan fingerprint density at radius 3 is 2.21 bits per heavy atom. The molecule has 4 atom stereocenters. The van der Waals surface area contributed by atoms with Gasteiger partial charge in [0.2, 0.25) is 5.91 Å². The van der Waals surface area contributed by atoms with Crippen molar-refractivity contribution in [2.45, 2.75) is 52.4 Å². The summed E-state index contributed by atoms with van der Waals surface area (Å²) in [6.07, 6.45) is 9.78. The number of halogens is 2. The normalized spacial score (nSPS) is 39.8. The van der Waals surface area contributed by atoms with Crippen LogP contribution in [0, 0.1) is 22.2 Å². The lowest BCUT2D eigenvalue weighted by molar-refractivity contribution is -0.169. The summed E-state index contributed by atoms with van der Waals surface area (Å²) in [6, 6.07) is 0. The Balaban J connectivity index is 1.54. The Labute approximate surface area is 152 Å². The first-order valence-corrected chi connectivity index (χ1v) is 9.34. The van der Waals surface area contributed by atoms with Gasteiger partial charge in [0.15, 0.2) is 0 Å². The number of rotatable bonds is 3. The summed E-state index contributed by atoms with van der Waals surface area (Å²) >= 11 is 12.2. The molecular weight excluding hydrogens is 345 g/mol. The van der Waals surface area contributed by atoms with Gasteiger partial charge in [0.25, 0.3) is 0 Å². The highest BCUT2D eigenvalue weighted by molar-refractivity contribution is 6.38. The van der Waals surface area contributed by atoms with E-state index in [-0.39, 0.29) is 11.3 Å². The van der Waals surface area contributed by atoms with Gasteiger partial charge in [-0.05, 0) is 55.3 Å². The Bertz CT molecular complexity index is 669. The molecule has 2 N–H and O–H groups in total. The highest BCUT2D eigenvalue weighted by Gasteiger charge is 2.62. The number of carbonyl (C=O) groups excluding carboxylic acids is 1. The van der Waals surface area contributed by atoms with E-state index in [1.165, 1.54) is 31.7 Å². The SMILES string of the molecule is C[C@]12CC3CC(C(=O)NNc4c(Cl)cncc4Cl)(C1)C[C@@](C)(C3)C2. The molecule has 4 aliphatic carbocycles. The molecule has 4 fully saturated rings. The zero-order valence-corrected chi connectivity index (χ0v) is 15.6. The predicted octanol–water partition coefficient (Wildman–Crippen LogP) is 4.83. The number of hydrazine groups is 1. The molecule has 4 nitrogen and oxygen atoms in total.